The van der Waals surface area contributed by atoms with E-state index in [4.69, 9.17) is 9.84 Å². The molecule has 0 aliphatic carbocycles. The number of nitrogens with one attached hydrogen (secondary N) is 2. The molecule has 1 aromatic carbocycles. The van der Waals surface area contributed by atoms with Crippen LogP contribution >= 0.6 is 0 Å². The van der Waals surface area contributed by atoms with Gasteiger partial charge in [0.2, 0.25) is 0 Å². The number of carbonyl (C=O) groups excluding carboxylic acids is 1. The third-order valence-corrected chi connectivity index (χ3v) is 3.10. The number of aliphatic hydroxyl groups is 1. The first kappa shape index (κ1) is 14.4. The highest BCUT2D eigenvalue weighted by molar-refractivity contribution is 5.94. The summed E-state index contributed by atoms with van der Waals surface area (Å²) >= 11 is 0. The molecule has 0 radical (unpaired) electrons. The van der Waals surface area contributed by atoms with Gasteiger partial charge in [0.25, 0.3) is 5.91 Å². The second-order valence-corrected chi connectivity index (χ2v) is 4.64. The van der Waals surface area contributed by atoms with Crippen molar-refractivity contribution in [2.45, 2.75) is 18.9 Å². The lowest BCUT2D eigenvalue weighted by Crippen LogP contribution is -2.26. The molecule has 0 saturated heterocycles. The normalized spacial score (nSPS) is 17.4. The van der Waals surface area contributed by atoms with Crippen LogP contribution in [0.4, 0.5) is 5.69 Å². The predicted molar refractivity (Wildman–Crippen MR) is 77.6 cm³/mol. The van der Waals surface area contributed by atoms with E-state index in [0.717, 1.165) is 25.1 Å². The molecule has 1 aromatic rings. The minimum atomic E-state index is -0.175. The van der Waals surface area contributed by atoms with Crippen LogP contribution in [0.3, 0.4) is 0 Å². The molecule has 2 rings (SSSR count). The number of rotatable bonds is 6. The Balaban J connectivity index is 1.81. The van der Waals surface area contributed by atoms with Crippen molar-refractivity contribution in [2.24, 2.45) is 0 Å². The van der Waals surface area contributed by atoms with Crippen molar-refractivity contribution < 1.29 is 14.6 Å². The first-order chi connectivity index (χ1) is 9.79. The van der Waals surface area contributed by atoms with Gasteiger partial charge in [0.1, 0.15) is 6.10 Å². The SMILES string of the molecule is O=C(NCCO)c1ccc(NCC2CCC=CO2)cc1. The summed E-state index contributed by atoms with van der Waals surface area (Å²) in [4.78, 5) is 11.6. The highest BCUT2D eigenvalue weighted by Gasteiger charge is 2.10. The van der Waals surface area contributed by atoms with Crippen LogP contribution < -0.4 is 10.6 Å². The van der Waals surface area contributed by atoms with Crippen molar-refractivity contribution >= 4 is 11.6 Å². The van der Waals surface area contributed by atoms with E-state index in [-0.39, 0.29) is 25.2 Å². The smallest absolute Gasteiger partial charge is 0.251 e. The highest BCUT2D eigenvalue weighted by atomic mass is 16.5. The Labute approximate surface area is 118 Å². The van der Waals surface area contributed by atoms with Gasteiger partial charge in [-0.15, -0.1) is 0 Å². The molecule has 0 fully saturated rings. The molecule has 1 unspecified atom stereocenters. The van der Waals surface area contributed by atoms with E-state index in [9.17, 15) is 4.79 Å². The number of allylic oxidation sites excluding steroid dienone is 1. The van der Waals surface area contributed by atoms with Crippen LogP contribution in [-0.2, 0) is 4.74 Å². The lowest BCUT2D eigenvalue weighted by Gasteiger charge is -2.20. The summed E-state index contributed by atoms with van der Waals surface area (Å²) in [6.45, 7) is 0.965. The molecule has 3 N–H and O–H groups in total. The molecule has 5 nitrogen and oxygen atoms in total. The Hall–Kier alpha value is -2.01. The van der Waals surface area contributed by atoms with E-state index in [1.165, 1.54) is 0 Å². The second-order valence-electron chi connectivity index (χ2n) is 4.64. The topological polar surface area (TPSA) is 70.6 Å². The van der Waals surface area contributed by atoms with Gasteiger partial charge in [-0.25, -0.2) is 0 Å². The summed E-state index contributed by atoms with van der Waals surface area (Å²) in [5.74, 6) is -0.175. The molecule has 1 atom stereocenters. The molecule has 108 valence electrons. The zero-order valence-electron chi connectivity index (χ0n) is 11.3. The Morgan fingerprint density at radius 1 is 1.35 bits per heavy atom. The minimum absolute atomic E-state index is 0.0544. The molecule has 0 spiro atoms. The molecule has 1 aliphatic heterocycles. The maximum Gasteiger partial charge on any atom is 0.251 e. The number of hydrogen-bond acceptors (Lipinski definition) is 4. The average Bonchev–Trinajstić information content (AvgIpc) is 2.52. The zero-order chi connectivity index (χ0) is 14.2. The first-order valence-corrected chi connectivity index (χ1v) is 6.83. The van der Waals surface area contributed by atoms with Gasteiger partial charge in [-0.3, -0.25) is 4.79 Å². The van der Waals surface area contributed by atoms with E-state index in [0.29, 0.717) is 5.56 Å². The van der Waals surface area contributed by atoms with Crippen LogP contribution in [0.25, 0.3) is 0 Å². The first-order valence-electron chi connectivity index (χ1n) is 6.83. The third-order valence-electron chi connectivity index (χ3n) is 3.10. The van der Waals surface area contributed by atoms with Crippen LogP contribution in [0.2, 0.25) is 0 Å². The van der Waals surface area contributed by atoms with Crippen molar-refractivity contribution in [3.05, 3.63) is 42.2 Å². The molecule has 1 heterocycles. The predicted octanol–water partition coefficient (Wildman–Crippen LogP) is 1.51. The van der Waals surface area contributed by atoms with E-state index in [2.05, 4.69) is 10.6 Å². The Morgan fingerprint density at radius 3 is 2.80 bits per heavy atom. The number of amides is 1. The molecule has 0 aromatic heterocycles. The molecule has 0 bridgehead atoms. The molecule has 20 heavy (non-hydrogen) atoms. The number of ether oxygens (including phenoxy) is 1. The van der Waals surface area contributed by atoms with Gasteiger partial charge in [-0.2, -0.15) is 0 Å². The minimum Gasteiger partial charge on any atom is -0.497 e. The summed E-state index contributed by atoms with van der Waals surface area (Å²) in [5, 5.41) is 14.6. The van der Waals surface area contributed by atoms with Crippen molar-refractivity contribution in [1.29, 1.82) is 0 Å². The van der Waals surface area contributed by atoms with Crippen molar-refractivity contribution in [3.8, 4) is 0 Å². The van der Waals surface area contributed by atoms with Gasteiger partial charge < -0.3 is 20.5 Å². The maximum absolute atomic E-state index is 11.6. The summed E-state index contributed by atoms with van der Waals surface area (Å²) in [7, 11) is 0. The van der Waals surface area contributed by atoms with Gasteiger partial charge in [0, 0.05) is 17.8 Å². The molecule has 0 saturated carbocycles. The largest absolute Gasteiger partial charge is 0.497 e. The Bertz CT molecular complexity index is 457. The average molecular weight is 276 g/mol. The third kappa shape index (κ3) is 4.28. The van der Waals surface area contributed by atoms with Crippen molar-refractivity contribution in [2.75, 3.05) is 25.0 Å². The van der Waals surface area contributed by atoms with E-state index < -0.39 is 0 Å². The molecule has 5 heteroatoms. The van der Waals surface area contributed by atoms with Crippen LogP contribution in [-0.4, -0.2) is 36.8 Å². The number of benzene rings is 1. The van der Waals surface area contributed by atoms with Crippen LogP contribution in [0.5, 0.6) is 0 Å². The number of carbonyl (C=O) groups is 1. The standard InChI is InChI=1S/C15H20N2O3/c18-9-8-16-15(19)12-4-6-13(7-5-12)17-11-14-3-1-2-10-20-14/h2,4-7,10,14,17-18H,1,3,8-9,11H2,(H,16,19). The van der Waals surface area contributed by atoms with E-state index >= 15 is 0 Å². The van der Waals surface area contributed by atoms with E-state index in [1.807, 2.05) is 18.2 Å². The fourth-order valence-corrected chi connectivity index (χ4v) is 1.98. The van der Waals surface area contributed by atoms with Crippen molar-refractivity contribution in [1.82, 2.24) is 5.32 Å². The van der Waals surface area contributed by atoms with Crippen molar-refractivity contribution in [3.63, 3.8) is 0 Å². The zero-order valence-corrected chi connectivity index (χ0v) is 11.3. The van der Waals surface area contributed by atoms with Gasteiger partial charge >= 0.3 is 0 Å². The monoisotopic (exact) mass is 276 g/mol. The lowest BCUT2D eigenvalue weighted by atomic mass is 10.1. The highest BCUT2D eigenvalue weighted by Crippen LogP contribution is 2.13. The fourth-order valence-electron chi connectivity index (χ4n) is 1.98. The van der Waals surface area contributed by atoms with Gasteiger partial charge in [0.15, 0.2) is 0 Å². The number of anilines is 1. The van der Waals surface area contributed by atoms with Gasteiger partial charge in [0.05, 0.1) is 19.4 Å². The molecule has 1 amide bonds. The summed E-state index contributed by atoms with van der Waals surface area (Å²) in [6, 6.07) is 7.26. The van der Waals surface area contributed by atoms with E-state index in [1.54, 1.807) is 18.4 Å². The maximum atomic E-state index is 11.6. The summed E-state index contributed by atoms with van der Waals surface area (Å²) < 4.78 is 5.48. The summed E-state index contributed by atoms with van der Waals surface area (Å²) in [5.41, 5.74) is 1.54. The van der Waals surface area contributed by atoms with Gasteiger partial charge in [-0.05, 0) is 43.2 Å². The van der Waals surface area contributed by atoms with Crippen LogP contribution in [0.1, 0.15) is 23.2 Å². The second kappa shape index (κ2) is 7.55. The molecular weight excluding hydrogens is 256 g/mol. The fraction of sp³-hybridized carbons (Fsp3) is 0.400. The van der Waals surface area contributed by atoms with Crippen LogP contribution in [0, 0.1) is 0 Å². The molecule has 1 aliphatic rings. The Morgan fingerprint density at radius 2 is 2.15 bits per heavy atom. The Kier molecular flexibility index (Phi) is 5.43. The molecular formula is C15H20N2O3. The number of aliphatic hydroxyl groups excluding tert-OH is 1. The van der Waals surface area contributed by atoms with Crippen LogP contribution in [0.15, 0.2) is 36.6 Å². The number of hydrogen-bond donors (Lipinski definition) is 3. The summed E-state index contributed by atoms with van der Waals surface area (Å²) in [6.07, 6.45) is 6.05. The quantitative estimate of drug-likeness (QED) is 0.736. The van der Waals surface area contributed by atoms with Gasteiger partial charge in [-0.1, -0.05) is 0 Å². The lowest BCUT2D eigenvalue weighted by molar-refractivity contribution is 0.0945.